The number of carbonyl (C=O) groups is 1. The van der Waals surface area contributed by atoms with Gasteiger partial charge in [-0.05, 0) is 45.0 Å². The molecule has 1 aliphatic rings. The average molecular weight is 414 g/mol. The summed E-state index contributed by atoms with van der Waals surface area (Å²) in [7, 11) is -3.72. The Morgan fingerprint density at radius 2 is 1.86 bits per heavy atom. The van der Waals surface area contributed by atoms with Gasteiger partial charge in [-0.15, -0.1) is 0 Å². The lowest BCUT2D eigenvalue weighted by Crippen LogP contribution is -2.35. The quantitative estimate of drug-likeness (QED) is 0.704. The van der Waals surface area contributed by atoms with Gasteiger partial charge in [0.05, 0.1) is 16.5 Å². The smallest absolute Gasteiger partial charge is 0.408 e. The van der Waals surface area contributed by atoms with Crippen molar-refractivity contribution in [2.24, 2.45) is 0 Å². The molecule has 1 aliphatic heterocycles. The highest BCUT2D eigenvalue weighted by molar-refractivity contribution is 7.90. The molecule has 1 aromatic heterocycles. The molecule has 0 spiro atoms. The van der Waals surface area contributed by atoms with E-state index in [2.05, 4.69) is 5.32 Å². The number of ether oxygens (including phenoxy) is 2. The van der Waals surface area contributed by atoms with Crippen LogP contribution in [-0.4, -0.2) is 30.7 Å². The van der Waals surface area contributed by atoms with Gasteiger partial charge < -0.3 is 14.8 Å². The molecule has 152 valence electrons. The third-order valence-electron chi connectivity index (χ3n) is 4.58. The van der Waals surface area contributed by atoms with E-state index < -0.39 is 21.7 Å². The number of benzene rings is 2. The Bertz CT molecular complexity index is 1180. The first-order valence-electron chi connectivity index (χ1n) is 9.24. The molecule has 4 rings (SSSR count). The SMILES string of the molecule is CC(C)(C)OC(=O)NC1COc2c1ccc1c2ccn1S(=O)(=O)c1ccccc1. The second kappa shape index (κ2) is 6.81. The van der Waals surface area contributed by atoms with Crippen molar-refractivity contribution < 1.29 is 22.7 Å². The minimum Gasteiger partial charge on any atom is -0.490 e. The number of amides is 1. The summed E-state index contributed by atoms with van der Waals surface area (Å²) in [6, 6.07) is 13.1. The van der Waals surface area contributed by atoms with Crippen LogP contribution >= 0.6 is 0 Å². The first kappa shape index (κ1) is 19.3. The highest BCUT2D eigenvalue weighted by Crippen LogP contribution is 2.40. The molecular weight excluding hydrogens is 392 g/mol. The van der Waals surface area contributed by atoms with Crippen LogP contribution < -0.4 is 10.1 Å². The van der Waals surface area contributed by atoms with Gasteiger partial charge in [-0.25, -0.2) is 17.2 Å². The van der Waals surface area contributed by atoms with Gasteiger partial charge in [0.2, 0.25) is 0 Å². The monoisotopic (exact) mass is 414 g/mol. The molecule has 1 amide bonds. The van der Waals surface area contributed by atoms with E-state index in [0.29, 0.717) is 16.7 Å². The molecule has 0 aliphatic carbocycles. The number of alkyl carbamates (subject to hydrolysis) is 1. The normalized spacial score (nSPS) is 16.3. The molecule has 1 atom stereocenters. The zero-order chi connectivity index (χ0) is 20.8. The third kappa shape index (κ3) is 3.55. The van der Waals surface area contributed by atoms with E-state index in [9.17, 15) is 13.2 Å². The Hall–Kier alpha value is -3.00. The Kier molecular flexibility index (Phi) is 4.53. The summed E-state index contributed by atoms with van der Waals surface area (Å²) in [5.74, 6) is 0.575. The van der Waals surface area contributed by atoms with E-state index in [0.717, 1.165) is 5.56 Å². The lowest BCUT2D eigenvalue weighted by atomic mass is 10.1. The molecule has 29 heavy (non-hydrogen) atoms. The van der Waals surface area contributed by atoms with Crippen LogP contribution in [0.1, 0.15) is 32.4 Å². The van der Waals surface area contributed by atoms with Crippen LogP contribution in [0.5, 0.6) is 5.75 Å². The molecule has 7 nitrogen and oxygen atoms in total. The number of nitrogens with zero attached hydrogens (tertiary/aromatic N) is 1. The van der Waals surface area contributed by atoms with Crippen molar-refractivity contribution in [3.63, 3.8) is 0 Å². The van der Waals surface area contributed by atoms with Gasteiger partial charge in [0.1, 0.15) is 18.0 Å². The van der Waals surface area contributed by atoms with Crippen molar-refractivity contribution in [2.45, 2.75) is 37.3 Å². The van der Waals surface area contributed by atoms with Gasteiger partial charge in [0.25, 0.3) is 10.0 Å². The van der Waals surface area contributed by atoms with Gasteiger partial charge >= 0.3 is 6.09 Å². The van der Waals surface area contributed by atoms with Crippen molar-refractivity contribution in [1.82, 2.24) is 9.29 Å². The number of fused-ring (bicyclic) bond motifs is 3. The fraction of sp³-hybridized carbons (Fsp3) is 0.286. The van der Waals surface area contributed by atoms with Gasteiger partial charge in [0, 0.05) is 17.1 Å². The van der Waals surface area contributed by atoms with Crippen molar-refractivity contribution in [1.29, 1.82) is 0 Å². The third-order valence-corrected chi connectivity index (χ3v) is 6.28. The minimum absolute atomic E-state index is 0.211. The Balaban J connectivity index is 1.68. The predicted octanol–water partition coefficient (Wildman–Crippen LogP) is 3.84. The highest BCUT2D eigenvalue weighted by atomic mass is 32.2. The van der Waals surface area contributed by atoms with Crippen LogP contribution in [0.2, 0.25) is 0 Å². The van der Waals surface area contributed by atoms with Crippen molar-refractivity contribution in [2.75, 3.05) is 6.61 Å². The first-order valence-corrected chi connectivity index (χ1v) is 10.7. The topological polar surface area (TPSA) is 86.6 Å². The molecule has 0 radical (unpaired) electrons. The van der Waals surface area contributed by atoms with E-state index in [1.807, 2.05) is 0 Å². The number of carbonyl (C=O) groups excluding carboxylic acids is 1. The van der Waals surface area contributed by atoms with Gasteiger partial charge in [0.15, 0.2) is 0 Å². The zero-order valence-corrected chi connectivity index (χ0v) is 17.2. The molecule has 0 saturated heterocycles. The van der Waals surface area contributed by atoms with E-state index in [1.165, 1.54) is 10.2 Å². The number of aromatic nitrogens is 1. The van der Waals surface area contributed by atoms with Gasteiger partial charge in [-0.3, -0.25) is 0 Å². The lowest BCUT2D eigenvalue weighted by molar-refractivity contribution is 0.0497. The number of nitrogens with one attached hydrogen (secondary N) is 1. The standard InChI is InChI=1S/C21H22N2O5S/c1-21(2,3)28-20(24)22-17-13-27-19-15(17)9-10-18-16(19)11-12-23(18)29(25,26)14-7-5-4-6-8-14/h4-12,17H,13H2,1-3H3,(H,22,24). The summed E-state index contributed by atoms with van der Waals surface area (Å²) >= 11 is 0. The molecule has 8 heteroatoms. The second-order valence-electron chi connectivity index (χ2n) is 7.86. The first-order chi connectivity index (χ1) is 13.7. The van der Waals surface area contributed by atoms with E-state index in [4.69, 9.17) is 9.47 Å². The van der Waals surface area contributed by atoms with Gasteiger partial charge in [-0.1, -0.05) is 24.3 Å². The number of hydrogen-bond donors (Lipinski definition) is 1. The second-order valence-corrected chi connectivity index (χ2v) is 9.67. The highest BCUT2D eigenvalue weighted by Gasteiger charge is 2.30. The summed E-state index contributed by atoms with van der Waals surface area (Å²) in [5.41, 5.74) is 0.711. The largest absolute Gasteiger partial charge is 0.490 e. The van der Waals surface area contributed by atoms with Crippen LogP contribution in [-0.2, 0) is 14.8 Å². The van der Waals surface area contributed by atoms with Crippen LogP contribution in [0.4, 0.5) is 4.79 Å². The van der Waals surface area contributed by atoms with Gasteiger partial charge in [-0.2, -0.15) is 0 Å². The Morgan fingerprint density at radius 3 is 2.55 bits per heavy atom. The molecular formula is C21H22N2O5S. The molecule has 0 saturated carbocycles. The molecule has 0 fully saturated rings. The number of hydrogen-bond acceptors (Lipinski definition) is 5. The summed E-state index contributed by atoms with van der Waals surface area (Å²) in [5, 5.41) is 3.48. The summed E-state index contributed by atoms with van der Waals surface area (Å²) in [6.45, 7) is 5.64. The van der Waals surface area contributed by atoms with E-state index in [1.54, 1.807) is 69.3 Å². The summed E-state index contributed by atoms with van der Waals surface area (Å²) in [4.78, 5) is 12.3. The summed E-state index contributed by atoms with van der Waals surface area (Å²) in [6.07, 6.45) is 0.994. The van der Waals surface area contributed by atoms with Crippen LogP contribution in [0.25, 0.3) is 10.9 Å². The lowest BCUT2D eigenvalue weighted by Gasteiger charge is -2.21. The minimum atomic E-state index is -3.72. The molecule has 2 heterocycles. The maximum Gasteiger partial charge on any atom is 0.408 e. The molecule has 2 aromatic carbocycles. The van der Waals surface area contributed by atoms with Crippen LogP contribution in [0, 0.1) is 0 Å². The Labute approximate surface area is 169 Å². The van der Waals surface area contributed by atoms with Crippen molar-refractivity contribution in [3.05, 3.63) is 60.3 Å². The van der Waals surface area contributed by atoms with E-state index >= 15 is 0 Å². The van der Waals surface area contributed by atoms with Crippen molar-refractivity contribution >= 4 is 27.0 Å². The zero-order valence-electron chi connectivity index (χ0n) is 16.4. The van der Waals surface area contributed by atoms with E-state index in [-0.39, 0.29) is 17.5 Å². The van der Waals surface area contributed by atoms with Crippen LogP contribution in [0.3, 0.4) is 0 Å². The average Bonchev–Trinajstić information content (AvgIpc) is 3.25. The predicted molar refractivity (Wildman–Crippen MR) is 109 cm³/mol. The Morgan fingerprint density at radius 1 is 1.14 bits per heavy atom. The number of rotatable bonds is 3. The molecule has 3 aromatic rings. The van der Waals surface area contributed by atoms with Crippen LogP contribution in [0.15, 0.2) is 59.6 Å². The fourth-order valence-electron chi connectivity index (χ4n) is 3.36. The molecule has 1 N–H and O–H groups in total. The van der Waals surface area contributed by atoms with Crippen molar-refractivity contribution in [3.8, 4) is 5.75 Å². The molecule has 1 unspecified atom stereocenters. The summed E-state index contributed by atoms with van der Waals surface area (Å²) < 4.78 is 38.4. The maximum absolute atomic E-state index is 13.0. The maximum atomic E-state index is 13.0. The fourth-order valence-corrected chi connectivity index (χ4v) is 4.73. The molecule has 0 bridgehead atoms.